The van der Waals surface area contributed by atoms with E-state index in [1.165, 1.54) is 0 Å². The summed E-state index contributed by atoms with van der Waals surface area (Å²) in [5, 5.41) is 12.6. The van der Waals surface area contributed by atoms with Crippen molar-refractivity contribution in [2.75, 3.05) is 17.2 Å². The summed E-state index contributed by atoms with van der Waals surface area (Å²) in [4.78, 5) is 24.6. The van der Waals surface area contributed by atoms with Crippen LogP contribution >= 0.6 is 11.6 Å². The van der Waals surface area contributed by atoms with Crippen molar-refractivity contribution in [1.82, 2.24) is 10.2 Å². The Hall–Kier alpha value is -3.60. The number of carbonyl (C=O) groups excluding carboxylic acids is 2. The van der Waals surface area contributed by atoms with Crippen LogP contribution in [0.1, 0.15) is 61.7 Å². The molecule has 38 heavy (non-hydrogen) atoms. The number of esters is 1. The van der Waals surface area contributed by atoms with Gasteiger partial charge in [-0.1, -0.05) is 29.7 Å². The highest BCUT2D eigenvalue weighted by molar-refractivity contribution is 6.31. The molecule has 0 saturated heterocycles. The molecule has 1 aliphatic rings. The Bertz CT molecular complexity index is 1330. The largest absolute Gasteiger partial charge is 0.466 e. The minimum absolute atomic E-state index is 0.139. The number of nitrogens with zero attached hydrogens (tertiary/aromatic N) is 2. The lowest BCUT2D eigenvalue weighted by Crippen LogP contribution is -2.26. The van der Waals surface area contributed by atoms with Gasteiger partial charge in [-0.2, -0.15) is 0 Å². The van der Waals surface area contributed by atoms with Gasteiger partial charge in [-0.25, -0.2) is 13.2 Å². The smallest absolute Gasteiger partial charge is 0.320 e. The number of hydrogen-bond acceptors (Lipinski definition) is 7. The summed E-state index contributed by atoms with van der Waals surface area (Å²) in [5.74, 6) is -4.67. The second kappa shape index (κ2) is 11.8. The summed E-state index contributed by atoms with van der Waals surface area (Å²) < 4.78 is 50.6. The zero-order valence-corrected chi connectivity index (χ0v) is 21.4. The molecule has 1 saturated carbocycles. The molecule has 0 bridgehead atoms. The van der Waals surface area contributed by atoms with E-state index in [0.717, 1.165) is 31.2 Å². The molecule has 0 aliphatic heterocycles. The minimum atomic E-state index is -1.35. The van der Waals surface area contributed by atoms with Crippen molar-refractivity contribution in [1.29, 1.82) is 0 Å². The molecule has 1 unspecified atom stereocenters. The number of rotatable bonds is 8. The zero-order chi connectivity index (χ0) is 27.4. The van der Waals surface area contributed by atoms with Crippen molar-refractivity contribution < 1.29 is 31.9 Å². The van der Waals surface area contributed by atoms with E-state index >= 15 is 0 Å². The van der Waals surface area contributed by atoms with E-state index in [1.807, 2.05) is 13.0 Å². The van der Waals surface area contributed by atoms with Gasteiger partial charge >= 0.3 is 23.8 Å². The zero-order valence-electron chi connectivity index (χ0n) is 20.7. The average molecular weight is 551 g/mol. The Kier molecular flexibility index (Phi) is 8.55. The fourth-order valence-corrected chi connectivity index (χ4v) is 4.95. The molecule has 1 amide bonds. The maximum Gasteiger partial charge on any atom is 0.320 e. The topological polar surface area (TPSA) is 106 Å². The molecule has 1 fully saturated rings. The summed E-state index contributed by atoms with van der Waals surface area (Å²) in [6.07, 6.45) is 3.55. The van der Waals surface area contributed by atoms with Crippen LogP contribution in [0.15, 0.2) is 34.7 Å². The molecule has 4 rings (SSSR count). The second-order valence-electron chi connectivity index (χ2n) is 9.13. The summed E-state index contributed by atoms with van der Waals surface area (Å²) in [7, 11) is 0. The number of hydrogen-bond donors (Lipinski definition) is 2. The molecule has 0 spiro atoms. The first-order valence-corrected chi connectivity index (χ1v) is 12.6. The van der Waals surface area contributed by atoms with Crippen molar-refractivity contribution in [3.63, 3.8) is 0 Å². The van der Waals surface area contributed by atoms with E-state index in [2.05, 4.69) is 20.8 Å². The van der Waals surface area contributed by atoms with Crippen LogP contribution in [-0.2, 0) is 9.53 Å². The molecule has 1 heterocycles. The quantitative estimate of drug-likeness (QED) is 0.240. The van der Waals surface area contributed by atoms with Gasteiger partial charge in [-0.15, -0.1) is 5.10 Å². The van der Waals surface area contributed by atoms with Gasteiger partial charge in [-0.3, -0.25) is 9.59 Å². The molecule has 1 aliphatic carbocycles. The molecule has 8 nitrogen and oxygen atoms in total. The molecular formula is C26H26ClF3N4O4. The molecule has 2 N–H and O–H groups in total. The summed E-state index contributed by atoms with van der Waals surface area (Å²) in [5.41, 5.74) is 0.920. The maximum atomic E-state index is 13.8. The Morgan fingerprint density at radius 2 is 1.79 bits per heavy atom. The van der Waals surface area contributed by atoms with Crippen molar-refractivity contribution in [2.24, 2.45) is 11.8 Å². The number of carbonyl (C=O) groups is 2. The molecule has 1 aromatic heterocycles. The van der Waals surface area contributed by atoms with Crippen LogP contribution < -0.4 is 10.6 Å². The lowest BCUT2D eigenvalue weighted by atomic mass is 9.74. The molecule has 0 radical (unpaired) electrons. The van der Waals surface area contributed by atoms with Gasteiger partial charge in [0.1, 0.15) is 5.82 Å². The van der Waals surface area contributed by atoms with Crippen LogP contribution in [0.3, 0.4) is 0 Å². The van der Waals surface area contributed by atoms with Crippen LogP contribution in [0, 0.1) is 29.3 Å². The lowest BCUT2D eigenvalue weighted by molar-refractivity contribution is -0.149. The van der Waals surface area contributed by atoms with Crippen molar-refractivity contribution in [3.8, 4) is 0 Å². The number of halogens is 4. The Balaban J connectivity index is 1.35. The Labute approximate surface area is 221 Å². The van der Waals surface area contributed by atoms with E-state index in [-0.39, 0.29) is 29.7 Å². The maximum absolute atomic E-state index is 13.8. The lowest BCUT2D eigenvalue weighted by Gasteiger charge is -2.32. The van der Waals surface area contributed by atoms with Gasteiger partial charge in [0.05, 0.1) is 18.2 Å². The first-order valence-electron chi connectivity index (χ1n) is 12.2. The van der Waals surface area contributed by atoms with E-state index in [9.17, 15) is 22.8 Å². The van der Waals surface area contributed by atoms with Crippen LogP contribution in [0.5, 0.6) is 0 Å². The van der Waals surface area contributed by atoms with E-state index in [0.29, 0.717) is 29.4 Å². The highest BCUT2D eigenvalue weighted by Crippen LogP contribution is 2.41. The third-order valence-electron chi connectivity index (χ3n) is 6.71. The highest BCUT2D eigenvalue weighted by atomic mass is 35.5. The SMILES string of the molecule is CCOC(=O)C(C)C1CCC(c2ccc(NC(=O)c3nnc(Nc4cc(F)c(F)cc4F)o3)cc2Cl)CC1. The van der Waals surface area contributed by atoms with Crippen LogP contribution in [-0.4, -0.2) is 28.7 Å². The van der Waals surface area contributed by atoms with E-state index in [1.54, 1.807) is 19.1 Å². The molecular weight excluding hydrogens is 525 g/mol. The number of aromatic nitrogens is 2. The third kappa shape index (κ3) is 6.27. The first-order chi connectivity index (χ1) is 18.2. The highest BCUT2D eigenvalue weighted by Gasteiger charge is 2.31. The minimum Gasteiger partial charge on any atom is -0.466 e. The van der Waals surface area contributed by atoms with Gasteiger partial charge in [0.15, 0.2) is 11.6 Å². The number of ether oxygens (including phenoxy) is 1. The standard InChI is InChI=1S/C26H26ClF3N4O4/c1-3-37-25(36)13(2)14-4-6-15(7-5-14)17-9-8-16(10-18(17)27)31-23(35)24-33-34-26(38-24)32-22-12-20(29)19(28)11-21(22)30/h8-15H,3-7H2,1-2H3,(H,31,35)(H,32,34). The van der Waals surface area contributed by atoms with Gasteiger partial charge < -0.3 is 19.8 Å². The summed E-state index contributed by atoms with van der Waals surface area (Å²) in [6, 6.07) is 5.74. The number of amides is 1. The average Bonchev–Trinajstić information content (AvgIpc) is 3.36. The monoisotopic (exact) mass is 550 g/mol. The summed E-state index contributed by atoms with van der Waals surface area (Å²) >= 11 is 6.54. The van der Waals surface area contributed by atoms with Crippen LogP contribution in [0.2, 0.25) is 5.02 Å². The summed E-state index contributed by atoms with van der Waals surface area (Å²) in [6.45, 7) is 4.09. The molecule has 202 valence electrons. The van der Waals surface area contributed by atoms with Gasteiger partial charge in [-0.05, 0) is 62.1 Å². The molecule has 2 aromatic carbocycles. The van der Waals surface area contributed by atoms with Crippen LogP contribution in [0.25, 0.3) is 0 Å². The third-order valence-corrected chi connectivity index (χ3v) is 7.03. The molecule has 12 heteroatoms. The van der Waals surface area contributed by atoms with E-state index < -0.39 is 34.9 Å². The van der Waals surface area contributed by atoms with Gasteiger partial charge in [0, 0.05) is 22.8 Å². The Morgan fingerprint density at radius 1 is 1.08 bits per heavy atom. The van der Waals surface area contributed by atoms with Gasteiger partial charge in [0.2, 0.25) is 0 Å². The number of benzene rings is 2. The van der Waals surface area contributed by atoms with Crippen molar-refractivity contribution >= 4 is 40.9 Å². The first kappa shape index (κ1) is 27.4. The predicted molar refractivity (Wildman–Crippen MR) is 134 cm³/mol. The van der Waals surface area contributed by atoms with Gasteiger partial charge in [0.25, 0.3) is 0 Å². The predicted octanol–water partition coefficient (Wildman–Crippen LogP) is 6.61. The van der Waals surface area contributed by atoms with Crippen molar-refractivity contribution in [3.05, 3.63) is 64.3 Å². The molecule has 1 atom stereocenters. The van der Waals surface area contributed by atoms with E-state index in [4.69, 9.17) is 20.8 Å². The van der Waals surface area contributed by atoms with Crippen molar-refractivity contribution in [2.45, 2.75) is 45.4 Å². The fourth-order valence-electron chi connectivity index (χ4n) is 4.62. The normalized spacial score (nSPS) is 18.1. The number of anilines is 3. The molecule has 3 aromatic rings. The second-order valence-corrected chi connectivity index (χ2v) is 9.53. The Morgan fingerprint density at radius 3 is 2.47 bits per heavy atom. The fraction of sp³-hybridized carbons (Fsp3) is 0.385. The van der Waals surface area contributed by atoms with Crippen LogP contribution in [0.4, 0.5) is 30.6 Å². The number of nitrogens with one attached hydrogen (secondary N) is 2.